The highest BCUT2D eigenvalue weighted by atomic mass is 79.9. The van der Waals surface area contributed by atoms with Gasteiger partial charge in [0.1, 0.15) is 0 Å². The summed E-state index contributed by atoms with van der Waals surface area (Å²) in [5.74, 6) is 1.67. The zero-order chi connectivity index (χ0) is 16.3. The zero-order valence-corrected chi connectivity index (χ0v) is 14.6. The molecule has 2 saturated carbocycles. The van der Waals surface area contributed by atoms with Crippen LogP contribution < -0.4 is 5.56 Å². The smallest absolute Gasteiger partial charge is 0.259 e. The van der Waals surface area contributed by atoms with Gasteiger partial charge < -0.3 is 9.51 Å². The average molecular weight is 386 g/mol. The summed E-state index contributed by atoms with van der Waals surface area (Å²) in [5, 5.41) is 4.95. The first-order valence-corrected chi connectivity index (χ1v) is 9.05. The second kappa shape index (κ2) is 5.02. The van der Waals surface area contributed by atoms with Gasteiger partial charge in [0.2, 0.25) is 11.7 Å². The third-order valence-electron chi connectivity index (χ3n) is 5.38. The minimum atomic E-state index is -0.197. The van der Waals surface area contributed by atoms with Crippen LogP contribution in [0.4, 0.5) is 0 Å². The molecule has 0 aliphatic heterocycles. The molecule has 122 valence electrons. The molecule has 1 spiro atoms. The van der Waals surface area contributed by atoms with Crippen molar-refractivity contribution in [2.75, 3.05) is 0 Å². The summed E-state index contributed by atoms with van der Waals surface area (Å²) in [6.45, 7) is 0. The van der Waals surface area contributed by atoms with Gasteiger partial charge in [0.05, 0.1) is 5.56 Å². The van der Waals surface area contributed by atoms with Crippen LogP contribution in [0.2, 0.25) is 0 Å². The molecule has 1 N–H and O–H groups in total. The molecular formula is C18H16BrN3O2. The van der Waals surface area contributed by atoms with Crippen LogP contribution in [0.25, 0.3) is 22.3 Å². The number of rotatable bonds is 3. The molecule has 5 rings (SSSR count). The zero-order valence-electron chi connectivity index (χ0n) is 13.0. The lowest BCUT2D eigenvalue weighted by molar-refractivity contribution is 0.156. The van der Waals surface area contributed by atoms with Gasteiger partial charge in [-0.25, -0.2) is 0 Å². The first kappa shape index (κ1) is 14.4. The molecule has 2 aliphatic carbocycles. The fraction of sp³-hybridized carbons (Fsp3) is 0.389. The fourth-order valence-corrected chi connectivity index (χ4v) is 4.31. The van der Waals surface area contributed by atoms with E-state index in [0.717, 1.165) is 21.8 Å². The Morgan fingerprint density at radius 1 is 1.29 bits per heavy atom. The maximum absolute atomic E-state index is 12.3. The molecule has 0 amide bonds. The van der Waals surface area contributed by atoms with Crippen molar-refractivity contribution >= 4 is 26.8 Å². The lowest BCUT2D eigenvalue weighted by Gasteiger charge is -2.34. The molecule has 3 aromatic rings. The molecule has 2 fully saturated rings. The third kappa shape index (κ3) is 2.40. The number of halogens is 1. The van der Waals surface area contributed by atoms with Crippen LogP contribution in [0.15, 0.2) is 38.1 Å². The van der Waals surface area contributed by atoms with Crippen molar-refractivity contribution in [3.63, 3.8) is 0 Å². The molecular weight excluding hydrogens is 370 g/mol. The Hall–Kier alpha value is -1.95. The SMILES string of the molecule is O=c1[nH]c2ccc(Br)cc2cc1-c1noc(CC2CC3(CC3)C2)n1. The minimum absolute atomic E-state index is 0.197. The summed E-state index contributed by atoms with van der Waals surface area (Å²) in [5.41, 5.74) is 1.72. The standard InChI is InChI=1S/C18H16BrN3O2/c19-12-1-2-14-11(6-12)7-13(17(23)20-14)16-21-15(24-22-16)5-10-8-18(9-10)3-4-18/h1-2,6-7,10H,3-5,8-9H2,(H,20,23). The Bertz CT molecular complexity index is 995. The van der Waals surface area contributed by atoms with E-state index in [1.807, 2.05) is 24.3 Å². The van der Waals surface area contributed by atoms with Crippen LogP contribution in [0.5, 0.6) is 0 Å². The Labute approximate surface area is 146 Å². The number of pyridine rings is 1. The summed E-state index contributed by atoms with van der Waals surface area (Å²) in [4.78, 5) is 19.7. The van der Waals surface area contributed by atoms with Crippen LogP contribution in [0, 0.1) is 11.3 Å². The lowest BCUT2D eigenvalue weighted by Crippen LogP contribution is -2.26. The average Bonchev–Trinajstić information content (AvgIpc) is 3.18. The van der Waals surface area contributed by atoms with E-state index in [1.165, 1.54) is 25.7 Å². The Kier molecular flexibility index (Phi) is 3.01. The second-order valence-electron chi connectivity index (χ2n) is 7.23. The van der Waals surface area contributed by atoms with Crippen LogP contribution in [0.1, 0.15) is 31.6 Å². The van der Waals surface area contributed by atoms with Crippen molar-refractivity contribution in [1.29, 1.82) is 0 Å². The lowest BCUT2D eigenvalue weighted by atomic mass is 9.70. The number of benzene rings is 1. The molecule has 0 unspecified atom stereocenters. The summed E-state index contributed by atoms with van der Waals surface area (Å²) in [6, 6.07) is 7.54. The maximum Gasteiger partial charge on any atom is 0.259 e. The van der Waals surface area contributed by atoms with Gasteiger partial charge in [0.25, 0.3) is 5.56 Å². The summed E-state index contributed by atoms with van der Waals surface area (Å²) in [7, 11) is 0. The Balaban J connectivity index is 1.44. The van der Waals surface area contributed by atoms with Gasteiger partial charge in [-0.2, -0.15) is 4.98 Å². The van der Waals surface area contributed by atoms with E-state index < -0.39 is 0 Å². The van der Waals surface area contributed by atoms with Crippen LogP contribution >= 0.6 is 15.9 Å². The van der Waals surface area contributed by atoms with Gasteiger partial charge in [-0.15, -0.1) is 0 Å². The van der Waals surface area contributed by atoms with E-state index in [1.54, 1.807) is 0 Å². The van der Waals surface area contributed by atoms with Crippen molar-refractivity contribution in [2.24, 2.45) is 11.3 Å². The van der Waals surface area contributed by atoms with Gasteiger partial charge in [-0.3, -0.25) is 4.79 Å². The van der Waals surface area contributed by atoms with Crippen LogP contribution in [-0.2, 0) is 6.42 Å². The maximum atomic E-state index is 12.3. The molecule has 0 bridgehead atoms. The Morgan fingerprint density at radius 2 is 2.12 bits per heavy atom. The molecule has 0 saturated heterocycles. The summed E-state index contributed by atoms with van der Waals surface area (Å²) >= 11 is 3.45. The topological polar surface area (TPSA) is 71.8 Å². The largest absolute Gasteiger partial charge is 0.339 e. The molecule has 2 aliphatic rings. The van der Waals surface area contributed by atoms with E-state index in [0.29, 0.717) is 28.6 Å². The highest BCUT2D eigenvalue weighted by Gasteiger charge is 2.52. The monoisotopic (exact) mass is 385 g/mol. The molecule has 5 nitrogen and oxygen atoms in total. The number of H-pyrrole nitrogens is 1. The number of fused-ring (bicyclic) bond motifs is 1. The van der Waals surface area contributed by atoms with Crippen LogP contribution in [-0.4, -0.2) is 15.1 Å². The number of hydrogen-bond donors (Lipinski definition) is 1. The van der Waals surface area contributed by atoms with Crippen molar-refractivity contribution in [3.05, 3.63) is 45.0 Å². The predicted molar refractivity (Wildman–Crippen MR) is 93.7 cm³/mol. The number of aromatic amines is 1. The van der Waals surface area contributed by atoms with E-state index >= 15 is 0 Å². The van der Waals surface area contributed by atoms with Gasteiger partial charge >= 0.3 is 0 Å². The van der Waals surface area contributed by atoms with Crippen molar-refractivity contribution in [1.82, 2.24) is 15.1 Å². The predicted octanol–water partition coefficient (Wildman–Crippen LogP) is 4.07. The van der Waals surface area contributed by atoms with Gasteiger partial charge in [-0.05, 0) is 61.3 Å². The van der Waals surface area contributed by atoms with Gasteiger partial charge in [-0.1, -0.05) is 21.1 Å². The quantitative estimate of drug-likeness (QED) is 0.737. The molecule has 2 aromatic heterocycles. The third-order valence-corrected chi connectivity index (χ3v) is 5.87. The highest BCUT2D eigenvalue weighted by molar-refractivity contribution is 9.10. The van der Waals surface area contributed by atoms with E-state index in [4.69, 9.17) is 4.52 Å². The van der Waals surface area contributed by atoms with E-state index in [-0.39, 0.29) is 5.56 Å². The highest BCUT2D eigenvalue weighted by Crippen LogP contribution is 2.63. The fourth-order valence-electron chi connectivity index (χ4n) is 3.93. The molecule has 1 aromatic carbocycles. The van der Waals surface area contributed by atoms with Crippen LogP contribution in [0.3, 0.4) is 0 Å². The van der Waals surface area contributed by atoms with Crippen molar-refractivity contribution in [3.8, 4) is 11.4 Å². The second-order valence-corrected chi connectivity index (χ2v) is 8.15. The number of aromatic nitrogens is 3. The first-order chi connectivity index (χ1) is 11.6. The van der Waals surface area contributed by atoms with E-state index in [9.17, 15) is 4.79 Å². The number of hydrogen-bond acceptors (Lipinski definition) is 4. The summed E-state index contributed by atoms with van der Waals surface area (Å²) < 4.78 is 6.34. The van der Waals surface area contributed by atoms with E-state index in [2.05, 4.69) is 31.1 Å². The van der Waals surface area contributed by atoms with Gasteiger partial charge in [0.15, 0.2) is 0 Å². The Morgan fingerprint density at radius 3 is 2.92 bits per heavy atom. The van der Waals surface area contributed by atoms with Gasteiger partial charge in [0, 0.05) is 21.8 Å². The minimum Gasteiger partial charge on any atom is -0.339 e. The van der Waals surface area contributed by atoms with Crippen molar-refractivity contribution in [2.45, 2.75) is 32.1 Å². The molecule has 0 atom stereocenters. The molecule has 6 heteroatoms. The van der Waals surface area contributed by atoms with Crippen molar-refractivity contribution < 1.29 is 4.52 Å². The molecule has 0 radical (unpaired) electrons. The first-order valence-electron chi connectivity index (χ1n) is 8.26. The number of nitrogens with one attached hydrogen (secondary N) is 1. The normalized spacial score (nSPS) is 18.9. The molecule has 2 heterocycles. The molecule has 24 heavy (non-hydrogen) atoms. The number of nitrogens with zero attached hydrogens (tertiary/aromatic N) is 2. The summed E-state index contributed by atoms with van der Waals surface area (Å²) in [6.07, 6.45) is 6.18.